The third-order valence-corrected chi connectivity index (χ3v) is 7.09. The molecule has 0 amide bonds. The zero-order chi connectivity index (χ0) is 14.3. The minimum Gasteiger partial charge on any atom is -0.229 e. The van der Waals surface area contributed by atoms with Gasteiger partial charge in [0.05, 0.1) is 16.4 Å². The molecule has 1 heterocycles. The van der Waals surface area contributed by atoms with Crippen molar-refractivity contribution in [1.29, 1.82) is 0 Å². The molecule has 0 radical (unpaired) electrons. The molecule has 1 aliphatic rings. The minimum atomic E-state index is -3.70. The minimum absolute atomic E-state index is 0.0202. The molecule has 5 nitrogen and oxygen atoms in total. The second-order valence-corrected chi connectivity index (χ2v) is 9.74. The van der Waals surface area contributed by atoms with Crippen molar-refractivity contribution in [2.24, 2.45) is 0 Å². The van der Waals surface area contributed by atoms with Gasteiger partial charge in [0.1, 0.15) is 0 Å². The summed E-state index contributed by atoms with van der Waals surface area (Å²) in [5.74, 6) is -0.137. The molecule has 1 N–H and O–H groups in total. The van der Waals surface area contributed by atoms with Crippen molar-refractivity contribution in [3.63, 3.8) is 0 Å². The Morgan fingerprint density at radius 2 is 1.84 bits per heavy atom. The first kappa shape index (κ1) is 15.0. The average molecular weight is 368 g/mol. The third kappa shape index (κ3) is 3.56. The van der Waals surface area contributed by atoms with Gasteiger partial charge in [-0.2, -0.15) is 0 Å². The highest BCUT2D eigenvalue weighted by Gasteiger charge is 2.41. The van der Waals surface area contributed by atoms with Crippen LogP contribution in [-0.4, -0.2) is 33.9 Å². The summed E-state index contributed by atoms with van der Waals surface area (Å²) in [5.41, 5.74) is -0.926. The molecule has 1 aromatic rings. The Bertz CT molecular complexity index is 682. The van der Waals surface area contributed by atoms with Crippen LogP contribution in [-0.2, 0) is 19.9 Å². The van der Waals surface area contributed by atoms with Gasteiger partial charge >= 0.3 is 0 Å². The molecule has 1 fully saturated rings. The summed E-state index contributed by atoms with van der Waals surface area (Å²) in [6.45, 7) is 1.62. The molecule has 1 aromatic carbocycles. The summed E-state index contributed by atoms with van der Waals surface area (Å²) in [5, 5.41) is 0. The molecule has 0 bridgehead atoms. The molecule has 0 aliphatic carbocycles. The van der Waals surface area contributed by atoms with Crippen molar-refractivity contribution in [2.45, 2.75) is 23.8 Å². The van der Waals surface area contributed by atoms with Crippen LogP contribution in [0.15, 0.2) is 33.6 Å². The van der Waals surface area contributed by atoms with Crippen LogP contribution in [0.25, 0.3) is 0 Å². The van der Waals surface area contributed by atoms with Crippen LogP contribution in [0.3, 0.4) is 0 Å². The Kier molecular flexibility index (Phi) is 3.81. The van der Waals surface area contributed by atoms with E-state index >= 15 is 0 Å². The molecule has 8 heteroatoms. The number of hydrogen-bond donors (Lipinski definition) is 1. The van der Waals surface area contributed by atoms with Gasteiger partial charge in [0.15, 0.2) is 9.84 Å². The number of sulfonamides is 1. The van der Waals surface area contributed by atoms with Crippen LogP contribution in [0.1, 0.15) is 13.3 Å². The van der Waals surface area contributed by atoms with E-state index in [0.717, 1.165) is 4.47 Å². The molecule has 0 unspecified atom stereocenters. The Balaban J connectivity index is 2.25. The Labute approximate surface area is 121 Å². The number of sulfone groups is 1. The van der Waals surface area contributed by atoms with Gasteiger partial charge in [-0.25, -0.2) is 21.6 Å². The Hall–Kier alpha value is -0.440. The molecule has 2 rings (SSSR count). The Morgan fingerprint density at radius 3 is 2.32 bits per heavy atom. The van der Waals surface area contributed by atoms with Gasteiger partial charge in [0, 0.05) is 10.0 Å². The summed E-state index contributed by atoms with van der Waals surface area (Å²) < 4.78 is 50.6. The smallest absolute Gasteiger partial charge is 0.229 e. The lowest BCUT2D eigenvalue weighted by Crippen LogP contribution is -2.46. The first-order chi connectivity index (χ1) is 8.62. The van der Waals surface area contributed by atoms with Crippen molar-refractivity contribution in [3.8, 4) is 0 Å². The summed E-state index contributed by atoms with van der Waals surface area (Å²) >= 11 is 3.23. The Morgan fingerprint density at radius 1 is 1.26 bits per heavy atom. The number of hydrogen-bond acceptors (Lipinski definition) is 4. The van der Waals surface area contributed by atoms with Gasteiger partial charge in [-0.3, -0.25) is 0 Å². The van der Waals surface area contributed by atoms with Crippen LogP contribution < -0.4 is 4.72 Å². The van der Waals surface area contributed by atoms with E-state index in [0.29, 0.717) is 6.42 Å². The normalized spacial score (nSPS) is 26.4. The molecule has 0 spiro atoms. The molecule has 0 saturated carbocycles. The van der Waals surface area contributed by atoms with E-state index in [2.05, 4.69) is 20.7 Å². The van der Waals surface area contributed by atoms with Crippen molar-refractivity contribution in [1.82, 2.24) is 4.72 Å². The molecule has 0 aromatic heterocycles. The first-order valence-electron chi connectivity index (χ1n) is 5.62. The lowest BCUT2D eigenvalue weighted by atomic mass is 10.0. The SMILES string of the molecule is C[C@]1(NS(=O)(=O)c2ccc(Br)cc2)CCS(=O)(=O)C1. The summed E-state index contributed by atoms with van der Waals surface area (Å²) in [6.07, 6.45) is 0.297. The van der Waals surface area contributed by atoms with E-state index in [1.54, 1.807) is 19.1 Å². The van der Waals surface area contributed by atoms with Crippen molar-refractivity contribution >= 4 is 35.8 Å². The molecular formula is C11H14BrNO4S2. The van der Waals surface area contributed by atoms with Crippen molar-refractivity contribution in [2.75, 3.05) is 11.5 Å². The zero-order valence-corrected chi connectivity index (χ0v) is 13.5. The van der Waals surface area contributed by atoms with Crippen LogP contribution in [0.4, 0.5) is 0 Å². The number of benzene rings is 1. The van der Waals surface area contributed by atoms with Gasteiger partial charge in [-0.15, -0.1) is 0 Å². The standard InChI is InChI=1S/C11H14BrNO4S2/c1-11(6-7-18(14,15)8-11)13-19(16,17)10-4-2-9(12)3-5-10/h2-5,13H,6-8H2,1H3/t11-/m0/s1. The second kappa shape index (κ2) is 4.83. The molecule has 1 aliphatic heterocycles. The van der Waals surface area contributed by atoms with Crippen molar-refractivity contribution < 1.29 is 16.8 Å². The summed E-state index contributed by atoms with van der Waals surface area (Å²) in [4.78, 5) is 0.126. The number of rotatable bonds is 3. The highest BCUT2D eigenvalue weighted by molar-refractivity contribution is 9.10. The quantitative estimate of drug-likeness (QED) is 0.872. The van der Waals surface area contributed by atoms with Crippen LogP contribution in [0.2, 0.25) is 0 Å². The number of halogens is 1. The van der Waals surface area contributed by atoms with Crippen LogP contribution in [0.5, 0.6) is 0 Å². The topological polar surface area (TPSA) is 80.3 Å². The maximum absolute atomic E-state index is 12.2. The van der Waals surface area contributed by atoms with Gasteiger partial charge < -0.3 is 0 Å². The predicted molar refractivity (Wildman–Crippen MR) is 76.1 cm³/mol. The molecular weight excluding hydrogens is 354 g/mol. The van der Waals surface area contributed by atoms with E-state index in [-0.39, 0.29) is 16.4 Å². The molecule has 19 heavy (non-hydrogen) atoms. The van der Waals surface area contributed by atoms with E-state index in [1.165, 1.54) is 12.1 Å². The van der Waals surface area contributed by atoms with E-state index in [1.807, 2.05) is 0 Å². The number of nitrogens with one attached hydrogen (secondary N) is 1. The lowest BCUT2D eigenvalue weighted by Gasteiger charge is -2.23. The average Bonchev–Trinajstić information content (AvgIpc) is 2.52. The maximum Gasteiger partial charge on any atom is 0.241 e. The maximum atomic E-state index is 12.2. The highest BCUT2D eigenvalue weighted by Crippen LogP contribution is 2.25. The van der Waals surface area contributed by atoms with Crippen LogP contribution in [0, 0.1) is 0 Å². The highest BCUT2D eigenvalue weighted by atomic mass is 79.9. The zero-order valence-electron chi connectivity index (χ0n) is 10.3. The first-order valence-corrected chi connectivity index (χ1v) is 9.72. The fraction of sp³-hybridized carbons (Fsp3) is 0.455. The molecule has 106 valence electrons. The van der Waals surface area contributed by atoms with Gasteiger partial charge in [-0.05, 0) is 37.6 Å². The van der Waals surface area contributed by atoms with Gasteiger partial charge in [0.2, 0.25) is 10.0 Å². The lowest BCUT2D eigenvalue weighted by molar-refractivity contribution is 0.462. The fourth-order valence-electron chi connectivity index (χ4n) is 2.09. The monoisotopic (exact) mass is 367 g/mol. The van der Waals surface area contributed by atoms with E-state index < -0.39 is 25.4 Å². The fourth-order valence-corrected chi connectivity index (χ4v) is 5.97. The van der Waals surface area contributed by atoms with Crippen LogP contribution >= 0.6 is 15.9 Å². The van der Waals surface area contributed by atoms with Gasteiger partial charge in [0.25, 0.3) is 0 Å². The largest absolute Gasteiger partial charge is 0.241 e. The molecule has 1 atom stereocenters. The van der Waals surface area contributed by atoms with Crippen molar-refractivity contribution in [3.05, 3.63) is 28.7 Å². The molecule has 1 saturated heterocycles. The van der Waals surface area contributed by atoms with E-state index in [9.17, 15) is 16.8 Å². The third-order valence-electron chi connectivity index (χ3n) is 3.01. The second-order valence-electron chi connectivity index (χ2n) is 4.96. The summed E-state index contributed by atoms with van der Waals surface area (Å²) in [7, 11) is -6.85. The predicted octanol–water partition coefficient (Wildman–Crippen LogP) is 1.30. The van der Waals surface area contributed by atoms with E-state index in [4.69, 9.17) is 0 Å². The summed E-state index contributed by atoms with van der Waals surface area (Å²) in [6, 6.07) is 6.20. The van der Waals surface area contributed by atoms with Gasteiger partial charge in [-0.1, -0.05) is 15.9 Å².